The van der Waals surface area contributed by atoms with Crippen LogP contribution < -0.4 is 5.32 Å². The van der Waals surface area contributed by atoms with E-state index in [4.69, 9.17) is 0 Å². The fourth-order valence-electron chi connectivity index (χ4n) is 4.56. The third kappa shape index (κ3) is 3.95. The summed E-state index contributed by atoms with van der Waals surface area (Å²) in [5.74, 6) is 0.762. The molecule has 0 radical (unpaired) electrons. The molecule has 0 unspecified atom stereocenters. The third-order valence-corrected chi connectivity index (χ3v) is 6.30. The van der Waals surface area contributed by atoms with Crippen molar-refractivity contribution in [2.75, 3.05) is 11.9 Å². The molecule has 2 aliphatic rings. The summed E-state index contributed by atoms with van der Waals surface area (Å²) in [4.78, 5) is 23.6. The number of amides is 1. The molecule has 1 aliphatic carbocycles. The van der Waals surface area contributed by atoms with E-state index in [1.807, 2.05) is 6.20 Å². The number of benzene rings is 1. The van der Waals surface area contributed by atoms with Crippen LogP contribution in [0.4, 0.5) is 5.82 Å². The smallest absolute Gasteiger partial charge is 0.244 e. The molecule has 0 spiro atoms. The molecule has 0 saturated carbocycles. The van der Waals surface area contributed by atoms with Gasteiger partial charge in [-0.25, -0.2) is 4.98 Å². The first-order chi connectivity index (χ1) is 16.2. The van der Waals surface area contributed by atoms with Gasteiger partial charge in [0.1, 0.15) is 18.1 Å². The van der Waals surface area contributed by atoms with Gasteiger partial charge >= 0.3 is 0 Å². The standard InChI is InChI=1S/C23H23N9O/c33-23(31-6-5-19-21(13-31)29-30-28-19)14-32-12-17(9-26-32)20-10-25-22(11-24-20)27-18-7-15-3-1-2-4-16(15)8-18/h1-4,9-12,18H,5-8,13-14H2,(H,25,27)(H,28,29,30). The molecule has 0 saturated heterocycles. The van der Waals surface area contributed by atoms with E-state index in [9.17, 15) is 4.79 Å². The monoisotopic (exact) mass is 441 g/mol. The Morgan fingerprint density at radius 1 is 1.06 bits per heavy atom. The van der Waals surface area contributed by atoms with Crippen molar-refractivity contribution in [3.8, 4) is 11.3 Å². The number of hydrogen-bond acceptors (Lipinski definition) is 7. The summed E-state index contributed by atoms with van der Waals surface area (Å²) in [6.07, 6.45) is 9.74. The molecule has 166 valence electrons. The summed E-state index contributed by atoms with van der Waals surface area (Å²) >= 11 is 0. The molecule has 10 nitrogen and oxygen atoms in total. The van der Waals surface area contributed by atoms with Crippen molar-refractivity contribution in [1.82, 2.24) is 40.1 Å². The Bertz CT molecular complexity index is 1270. The predicted octanol–water partition coefficient (Wildman–Crippen LogP) is 1.62. The van der Waals surface area contributed by atoms with E-state index < -0.39 is 0 Å². The molecule has 1 aliphatic heterocycles. The summed E-state index contributed by atoms with van der Waals surface area (Å²) in [6, 6.07) is 8.88. The molecular weight excluding hydrogens is 418 g/mol. The van der Waals surface area contributed by atoms with Gasteiger partial charge in [-0.1, -0.05) is 24.3 Å². The van der Waals surface area contributed by atoms with Crippen LogP contribution in [0.25, 0.3) is 11.3 Å². The molecule has 1 amide bonds. The summed E-state index contributed by atoms with van der Waals surface area (Å²) < 4.78 is 1.64. The van der Waals surface area contributed by atoms with Crippen molar-refractivity contribution in [3.05, 3.63) is 71.6 Å². The molecule has 0 fully saturated rings. The second kappa shape index (κ2) is 8.12. The fourth-order valence-corrected chi connectivity index (χ4v) is 4.56. The van der Waals surface area contributed by atoms with Crippen LogP contribution in [0.2, 0.25) is 0 Å². The Hall–Kier alpha value is -4.08. The number of aromatic amines is 1. The zero-order chi connectivity index (χ0) is 22.2. The minimum absolute atomic E-state index is 0.00138. The van der Waals surface area contributed by atoms with Crippen molar-refractivity contribution in [3.63, 3.8) is 0 Å². The van der Waals surface area contributed by atoms with Gasteiger partial charge in [0.25, 0.3) is 0 Å². The zero-order valence-electron chi connectivity index (χ0n) is 18.0. The first-order valence-corrected chi connectivity index (χ1v) is 11.1. The highest BCUT2D eigenvalue weighted by Crippen LogP contribution is 2.24. The molecular formula is C23H23N9O. The van der Waals surface area contributed by atoms with Gasteiger partial charge in [0, 0.05) is 30.8 Å². The number of H-pyrrole nitrogens is 1. The highest BCUT2D eigenvalue weighted by Gasteiger charge is 2.24. The SMILES string of the molecule is O=C(Cn1cc(-c2cnc(NC3Cc4ccccc4C3)cn2)cn1)N1CCc2n[nH]nc2C1. The van der Waals surface area contributed by atoms with Crippen LogP contribution in [0, 0.1) is 0 Å². The molecule has 0 atom stereocenters. The van der Waals surface area contributed by atoms with Crippen LogP contribution in [0.3, 0.4) is 0 Å². The van der Waals surface area contributed by atoms with E-state index in [-0.39, 0.29) is 12.5 Å². The van der Waals surface area contributed by atoms with Crippen molar-refractivity contribution in [2.24, 2.45) is 0 Å². The minimum Gasteiger partial charge on any atom is -0.365 e. The topological polar surface area (TPSA) is 118 Å². The average Bonchev–Trinajstić information content (AvgIpc) is 3.58. The van der Waals surface area contributed by atoms with E-state index in [0.717, 1.165) is 41.3 Å². The van der Waals surface area contributed by atoms with Crippen molar-refractivity contribution in [2.45, 2.75) is 38.4 Å². The fraction of sp³-hybridized carbons (Fsp3) is 0.304. The quantitative estimate of drug-likeness (QED) is 0.483. The molecule has 3 aromatic heterocycles. The third-order valence-electron chi connectivity index (χ3n) is 6.30. The van der Waals surface area contributed by atoms with Crippen molar-refractivity contribution < 1.29 is 4.79 Å². The Morgan fingerprint density at radius 3 is 2.67 bits per heavy atom. The van der Waals surface area contributed by atoms with E-state index in [0.29, 0.717) is 25.6 Å². The predicted molar refractivity (Wildman–Crippen MR) is 120 cm³/mol. The van der Waals surface area contributed by atoms with Crippen molar-refractivity contribution >= 4 is 11.7 Å². The van der Waals surface area contributed by atoms with Gasteiger partial charge in [-0.2, -0.15) is 20.5 Å². The lowest BCUT2D eigenvalue weighted by Crippen LogP contribution is -2.38. The number of carbonyl (C=O) groups is 1. The number of hydrogen-bond donors (Lipinski definition) is 2. The molecule has 1 aromatic carbocycles. The van der Waals surface area contributed by atoms with Crippen LogP contribution in [-0.4, -0.2) is 58.6 Å². The van der Waals surface area contributed by atoms with Gasteiger partial charge in [-0.05, 0) is 24.0 Å². The number of anilines is 1. The largest absolute Gasteiger partial charge is 0.365 e. The number of nitrogens with zero attached hydrogens (tertiary/aromatic N) is 7. The van der Waals surface area contributed by atoms with Crippen LogP contribution in [0.1, 0.15) is 22.5 Å². The summed E-state index contributed by atoms with van der Waals surface area (Å²) in [5, 5.41) is 18.7. The summed E-state index contributed by atoms with van der Waals surface area (Å²) in [5.41, 5.74) is 6.11. The van der Waals surface area contributed by atoms with Crippen LogP contribution in [0.5, 0.6) is 0 Å². The van der Waals surface area contributed by atoms with Gasteiger partial charge < -0.3 is 10.2 Å². The summed E-state index contributed by atoms with van der Waals surface area (Å²) in [6.45, 7) is 1.28. The highest BCUT2D eigenvalue weighted by atomic mass is 16.2. The molecule has 4 heterocycles. The minimum atomic E-state index is 0.00138. The first-order valence-electron chi connectivity index (χ1n) is 11.1. The van der Waals surface area contributed by atoms with E-state index in [1.54, 1.807) is 28.2 Å². The Labute approximate surface area is 190 Å². The van der Waals surface area contributed by atoms with Gasteiger partial charge in [-0.3, -0.25) is 14.5 Å². The lowest BCUT2D eigenvalue weighted by Gasteiger charge is -2.25. The maximum atomic E-state index is 12.7. The number of fused-ring (bicyclic) bond motifs is 2. The average molecular weight is 441 g/mol. The number of rotatable bonds is 5. The maximum absolute atomic E-state index is 12.7. The zero-order valence-corrected chi connectivity index (χ0v) is 18.0. The van der Waals surface area contributed by atoms with Gasteiger partial charge in [0.2, 0.25) is 5.91 Å². The second-order valence-electron chi connectivity index (χ2n) is 8.51. The summed E-state index contributed by atoms with van der Waals surface area (Å²) in [7, 11) is 0. The van der Waals surface area contributed by atoms with Crippen LogP contribution in [-0.2, 0) is 37.1 Å². The molecule has 10 heteroatoms. The Morgan fingerprint density at radius 2 is 1.88 bits per heavy atom. The van der Waals surface area contributed by atoms with Crippen LogP contribution >= 0.6 is 0 Å². The van der Waals surface area contributed by atoms with E-state index >= 15 is 0 Å². The van der Waals surface area contributed by atoms with E-state index in [2.05, 4.69) is 60.1 Å². The van der Waals surface area contributed by atoms with E-state index in [1.165, 1.54) is 11.1 Å². The number of aromatic nitrogens is 7. The lowest BCUT2D eigenvalue weighted by atomic mass is 10.1. The molecule has 4 aromatic rings. The molecule has 33 heavy (non-hydrogen) atoms. The number of nitrogens with one attached hydrogen (secondary N) is 2. The Kier molecular flexibility index (Phi) is 4.82. The highest BCUT2D eigenvalue weighted by molar-refractivity contribution is 5.76. The molecule has 2 N–H and O–H groups in total. The van der Waals surface area contributed by atoms with Crippen molar-refractivity contribution in [1.29, 1.82) is 0 Å². The molecule has 0 bridgehead atoms. The molecule has 6 rings (SSSR count). The first kappa shape index (κ1) is 19.6. The van der Waals surface area contributed by atoms with Crippen LogP contribution in [0.15, 0.2) is 49.1 Å². The van der Waals surface area contributed by atoms with Gasteiger partial charge in [0.15, 0.2) is 0 Å². The number of carbonyl (C=O) groups excluding carboxylic acids is 1. The second-order valence-corrected chi connectivity index (χ2v) is 8.51. The normalized spacial score (nSPS) is 15.3. The van der Waals surface area contributed by atoms with Gasteiger partial charge in [0.05, 0.1) is 36.5 Å². The maximum Gasteiger partial charge on any atom is 0.244 e. The Balaban J connectivity index is 1.07. The lowest BCUT2D eigenvalue weighted by molar-refractivity contribution is -0.133. The van der Waals surface area contributed by atoms with Gasteiger partial charge in [-0.15, -0.1) is 0 Å².